The molecule has 45 heavy (non-hydrogen) atoms. The van der Waals surface area contributed by atoms with Gasteiger partial charge in [-0.1, -0.05) is 78.3 Å². The van der Waals surface area contributed by atoms with Gasteiger partial charge in [-0.25, -0.2) is 12.8 Å². The molecule has 0 saturated carbocycles. The second-order valence-electron chi connectivity index (χ2n) is 11.8. The quantitative estimate of drug-likeness (QED) is 0.200. The van der Waals surface area contributed by atoms with E-state index in [1.54, 1.807) is 43.3 Å². The molecule has 4 aromatic rings. The molecule has 0 aliphatic carbocycles. The fourth-order valence-electron chi connectivity index (χ4n) is 4.89. The van der Waals surface area contributed by atoms with Crippen LogP contribution >= 0.6 is 11.6 Å². The summed E-state index contributed by atoms with van der Waals surface area (Å²) >= 11 is 6.42. The number of anilines is 1. The Hall–Kier alpha value is -4.21. The van der Waals surface area contributed by atoms with Crippen LogP contribution in [-0.2, 0) is 32.6 Å². The standard InChI is InChI=1S/C35H37ClFN3O4S/c1-25-30(36)16-11-17-31(25)40(45(43,44)29-14-9-6-10-15-29)24-33(41)39(23-27-18-20-28(37)21-19-27)32(34(42)38-35(2,3)4)22-26-12-7-5-8-13-26/h5-21,32H,22-24H2,1-4H3,(H,38,42)/t32-/m0/s1. The van der Waals surface area contributed by atoms with Gasteiger partial charge in [0.25, 0.3) is 10.0 Å². The molecule has 4 rings (SSSR count). The summed E-state index contributed by atoms with van der Waals surface area (Å²) in [5.74, 6) is -1.47. The summed E-state index contributed by atoms with van der Waals surface area (Å²) in [6.45, 7) is 6.52. The second-order valence-corrected chi connectivity index (χ2v) is 14.1. The van der Waals surface area contributed by atoms with Crippen LogP contribution in [0.1, 0.15) is 37.5 Å². The third kappa shape index (κ3) is 8.71. The van der Waals surface area contributed by atoms with Crippen LogP contribution < -0.4 is 9.62 Å². The van der Waals surface area contributed by atoms with Crippen LogP contribution in [0.2, 0.25) is 5.02 Å². The molecule has 0 spiro atoms. The lowest BCUT2D eigenvalue weighted by Gasteiger charge is -2.35. The van der Waals surface area contributed by atoms with Crippen molar-refractivity contribution in [1.82, 2.24) is 10.2 Å². The van der Waals surface area contributed by atoms with Crippen LogP contribution in [0.4, 0.5) is 10.1 Å². The number of sulfonamides is 1. The minimum Gasteiger partial charge on any atom is -0.350 e. The van der Waals surface area contributed by atoms with E-state index in [4.69, 9.17) is 11.6 Å². The number of carbonyl (C=O) groups excluding carboxylic acids is 2. The van der Waals surface area contributed by atoms with Gasteiger partial charge in [0.05, 0.1) is 10.6 Å². The van der Waals surface area contributed by atoms with E-state index in [1.807, 2.05) is 51.1 Å². The summed E-state index contributed by atoms with van der Waals surface area (Å²) in [7, 11) is -4.26. The molecule has 0 bridgehead atoms. The van der Waals surface area contributed by atoms with Crippen molar-refractivity contribution >= 4 is 39.1 Å². The topological polar surface area (TPSA) is 86.8 Å². The van der Waals surface area contributed by atoms with Gasteiger partial charge in [0.15, 0.2) is 0 Å². The zero-order valence-electron chi connectivity index (χ0n) is 25.7. The first kappa shape index (κ1) is 33.7. The summed E-state index contributed by atoms with van der Waals surface area (Å²) in [4.78, 5) is 29.8. The number of hydrogen-bond acceptors (Lipinski definition) is 4. The van der Waals surface area contributed by atoms with Crippen molar-refractivity contribution in [3.8, 4) is 0 Å². The number of hydrogen-bond donors (Lipinski definition) is 1. The molecule has 0 aliphatic heterocycles. The van der Waals surface area contributed by atoms with Gasteiger partial charge in [-0.15, -0.1) is 0 Å². The summed E-state index contributed by atoms with van der Waals surface area (Å²) < 4.78 is 43.1. The van der Waals surface area contributed by atoms with Gasteiger partial charge in [-0.2, -0.15) is 0 Å². The molecule has 4 aromatic carbocycles. The summed E-state index contributed by atoms with van der Waals surface area (Å²) in [6, 6.07) is 26.5. The SMILES string of the molecule is Cc1c(Cl)cccc1N(CC(=O)N(Cc1ccc(F)cc1)[C@@H](Cc1ccccc1)C(=O)NC(C)(C)C)S(=O)(=O)c1ccccc1. The third-order valence-electron chi connectivity index (χ3n) is 7.15. The first-order valence-electron chi connectivity index (χ1n) is 14.5. The minimum atomic E-state index is -4.26. The zero-order valence-corrected chi connectivity index (χ0v) is 27.3. The fraction of sp³-hybridized carbons (Fsp3) is 0.257. The van der Waals surface area contributed by atoms with Gasteiger partial charge < -0.3 is 10.2 Å². The Bertz CT molecular complexity index is 1730. The number of carbonyl (C=O) groups is 2. The van der Waals surface area contributed by atoms with Gasteiger partial charge in [0.1, 0.15) is 18.4 Å². The molecule has 7 nitrogen and oxygen atoms in total. The predicted octanol–water partition coefficient (Wildman–Crippen LogP) is 6.54. The maximum atomic E-state index is 14.5. The molecule has 0 saturated heterocycles. The van der Waals surface area contributed by atoms with E-state index in [-0.39, 0.29) is 23.5 Å². The highest BCUT2D eigenvalue weighted by atomic mass is 35.5. The lowest BCUT2D eigenvalue weighted by molar-refractivity contribution is -0.140. The van der Waals surface area contributed by atoms with E-state index in [0.717, 1.165) is 9.87 Å². The Kier molecular flexibility index (Phi) is 10.7. The number of nitrogens with zero attached hydrogens (tertiary/aromatic N) is 2. The Labute approximate surface area is 269 Å². The largest absolute Gasteiger partial charge is 0.350 e. The summed E-state index contributed by atoms with van der Waals surface area (Å²) in [5.41, 5.74) is 1.48. The van der Waals surface area contributed by atoms with E-state index in [0.29, 0.717) is 16.1 Å². The van der Waals surface area contributed by atoms with Crippen molar-refractivity contribution in [3.63, 3.8) is 0 Å². The van der Waals surface area contributed by atoms with Crippen molar-refractivity contribution in [1.29, 1.82) is 0 Å². The molecule has 10 heteroatoms. The number of benzene rings is 4. The van der Waals surface area contributed by atoms with Crippen LogP contribution in [-0.4, -0.2) is 43.3 Å². The molecule has 2 amide bonds. The molecule has 0 radical (unpaired) electrons. The van der Waals surface area contributed by atoms with Crippen molar-refractivity contribution in [2.75, 3.05) is 10.8 Å². The number of halogens is 2. The third-order valence-corrected chi connectivity index (χ3v) is 9.34. The molecule has 0 unspecified atom stereocenters. The fourth-order valence-corrected chi connectivity index (χ4v) is 6.55. The van der Waals surface area contributed by atoms with Crippen LogP contribution in [0.5, 0.6) is 0 Å². The molecule has 1 N–H and O–H groups in total. The Morgan fingerprint density at radius 1 is 0.844 bits per heavy atom. The summed E-state index contributed by atoms with van der Waals surface area (Å²) in [5, 5.41) is 3.32. The van der Waals surface area contributed by atoms with Crippen LogP contribution in [0.25, 0.3) is 0 Å². The normalized spacial score (nSPS) is 12.3. The van der Waals surface area contributed by atoms with Gasteiger partial charge in [-0.3, -0.25) is 13.9 Å². The van der Waals surface area contributed by atoms with Crippen molar-refractivity contribution in [2.24, 2.45) is 0 Å². The molecule has 0 heterocycles. The highest BCUT2D eigenvalue weighted by molar-refractivity contribution is 7.92. The summed E-state index contributed by atoms with van der Waals surface area (Å²) in [6.07, 6.45) is 0.164. The van der Waals surface area contributed by atoms with E-state index >= 15 is 0 Å². The first-order valence-corrected chi connectivity index (χ1v) is 16.3. The van der Waals surface area contributed by atoms with Gasteiger partial charge in [0.2, 0.25) is 11.8 Å². The number of amides is 2. The number of nitrogens with one attached hydrogen (secondary N) is 1. The smallest absolute Gasteiger partial charge is 0.264 e. The lowest BCUT2D eigenvalue weighted by Crippen LogP contribution is -2.56. The van der Waals surface area contributed by atoms with Gasteiger partial charge >= 0.3 is 0 Å². The first-order chi connectivity index (χ1) is 21.3. The highest BCUT2D eigenvalue weighted by Crippen LogP contribution is 2.31. The van der Waals surface area contributed by atoms with Crippen molar-refractivity contribution in [3.05, 3.63) is 131 Å². The maximum Gasteiger partial charge on any atom is 0.264 e. The van der Waals surface area contributed by atoms with Gasteiger partial charge in [0, 0.05) is 23.5 Å². The maximum absolute atomic E-state index is 14.5. The lowest BCUT2D eigenvalue weighted by atomic mass is 10.0. The number of rotatable bonds is 11. The zero-order chi connectivity index (χ0) is 32.8. The molecule has 236 valence electrons. The van der Waals surface area contributed by atoms with E-state index in [2.05, 4.69) is 5.32 Å². The van der Waals surface area contributed by atoms with Crippen LogP contribution in [0.15, 0.2) is 108 Å². The Morgan fingerprint density at radius 2 is 1.44 bits per heavy atom. The second kappa shape index (κ2) is 14.3. The molecule has 0 fully saturated rings. The monoisotopic (exact) mass is 649 g/mol. The van der Waals surface area contributed by atoms with E-state index in [9.17, 15) is 22.4 Å². The van der Waals surface area contributed by atoms with E-state index in [1.165, 1.54) is 41.3 Å². The van der Waals surface area contributed by atoms with Crippen molar-refractivity contribution in [2.45, 2.75) is 57.1 Å². The molecule has 0 aromatic heterocycles. The highest BCUT2D eigenvalue weighted by Gasteiger charge is 2.36. The van der Waals surface area contributed by atoms with Crippen molar-refractivity contribution < 1.29 is 22.4 Å². The van der Waals surface area contributed by atoms with E-state index < -0.39 is 45.8 Å². The van der Waals surface area contributed by atoms with Crippen LogP contribution in [0.3, 0.4) is 0 Å². The molecular weight excluding hydrogens is 613 g/mol. The Balaban J connectivity index is 1.84. The van der Waals surface area contributed by atoms with Gasteiger partial charge in [-0.05, 0) is 80.8 Å². The predicted molar refractivity (Wildman–Crippen MR) is 176 cm³/mol. The molecule has 1 atom stereocenters. The average Bonchev–Trinajstić information content (AvgIpc) is 3.00. The van der Waals surface area contributed by atoms with Crippen LogP contribution in [0, 0.1) is 12.7 Å². The average molecular weight is 650 g/mol. The minimum absolute atomic E-state index is 0.00595. The molecule has 0 aliphatic rings. The Morgan fingerprint density at radius 3 is 2.04 bits per heavy atom. The molecular formula is C35H37ClFN3O4S.